The molecule has 8 heteroatoms. The standard InChI is InChI=1S/C29H28O8/c1-18(30)33-24-23(35-29-26(24)36-28(37-29)21-16-10-5-11-17-21)25(27(31)32-2)34-22(19-12-6-3-7-13-19)20-14-8-4-9-15-20/h3-17,22-26,28-29H,1-2H3/t23-,24-,25-,26+,28?,29?/m0/s1. The molecule has 5 rings (SSSR count). The third-order valence-electron chi connectivity index (χ3n) is 6.34. The minimum atomic E-state index is -1.24. The second kappa shape index (κ2) is 11.2. The van der Waals surface area contributed by atoms with Crippen molar-refractivity contribution in [2.45, 2.75) is 50.0 Å². The first-order valence-corrected chi connectivity index (χ1v) is 12.1. The van der Waals surface area contributed by atoms with E-state index in [1.807, 2.05) is 91.0 Å². The molecule has 37 heavy (non-hydrogen) atoms. The molecule has 2 heterocycles. The predicted octanol–water partition coefficient (Wildman–Crippen LogP) is 4.11. The Hall–Kier alpha value is -3.56. The van der Waals surface area contributed by atoms with Crippen molar-refractivity contribution in [2.75, 3.05) is 7.11 Å². The van der Waals surface area contributed by atoms with Crippen LogP contribution in [-0.4, -0.2) is 49.8 Å². The van der Waals surface area contributed by atoms with E-state index in [1.54, 1.807) is 0 Å². The number of rotatable bonds is 8. The molecule has 2 fully saturated rings. The summed E-state index contributed by atoms with van der Waals surface area (Å²) in [5, 5.41) is 0. The van der Waals surface area contributed by atoms with Crippen LogP contribution in [0.1, 0.15) is 36.0 Å². The smallest absolute Gasteiger partial charge is 0.337 e. The summed E-state index contributed by atoms with van der Waals surface area (Å²) in [4.78, 5) is 25.2. The summed E-state index contributed by atoms with van der Waals surface area (Å²) in [7, 11) is 1.27. The maximum Gasteiger partial charge on any atom is 0.337 e. The Bertz CT molecular complexity index is 1150. The largest absolute Gasteiger partial charge is 0.467 e. The molecule has 0 aromatic heterocycles. The fourth-order valence-electron chi connectivity index (χ4n) is 4.67. The van der Waals surface area contributed by atoms with Gasteiger partial charge in [0.1, 0.15) is 12.2 Å². The highest BCUT2D eigenvalue weighted by atomic mass is 16.8. The van der Waals surface area contributed by atoms with Crippen LogP contribution in [0.3, 0.4) is 0 Å². The van der Waals surface area contributed by atoms with Gasteiger partial charge in [0.25, 0.3) is 0 Å². The second-order valence-electron chi connectivity index (χ2n) is 8.80. The van der Waals surface area contributed by atoms with E-state index in [1.165, 1.54) is 14.0 Å². The summed E-state index contributed by atoms with van der Waals surface area (Å²) in [6, 6.07) is 28.4. The summed E-state index contributed by atoms with van der Waals surface area (Å²) >= 11 is 0. The minimum absolute atomic E-state index is 0.544. The van der Waals surface area contributed by atoms with Gasteiger partial charge in [-0.25, -0.2) is 4.79 Å². The van der Waals surface area contributed by atoms with Gasteiger partial charge in [0.15, 0.2) is 30.9 Å². The highest BCUT2D eigenvalue weighted by Crippen LogP contribution is 2.42. The van der Waals surface area contributed by atoms with Gasteiger partial charge in [-0.2, -0.15) is 0 Å². The Morgan fingerprint density at radius 2 is 1.35 bits per heavy atom. The summed E-state index contributed by atoms with van der Waals surface area (Å²) < 4.78 is 35.5. The molecule has 2 saturated heterocycles. The van der Waals surface area contributed by atoms with Gasteiger partial charge in [-0.1, -0.05) is 91.0 Å². The zero-order valence-electron chi connectivity index (χ0n) is 20.5. The number of fused-ring (bicyclic) bond motifs is 1. The highest BCUT2D eigenvalue weighted by molar-refractivity contribution is 5.76. The average Bonchev–Trinajstić information content (AvgIpc) is 3.49. The van der Waals surface area contributed by atoms with Gasteiger partial charge < -0.3 is 28.4 Å². The van der Waals surface area contributed by atoms with Gasteiger partial charge in [-0.15, -0.1) is 0 Å². The Morgan fingerprint density at radius 1 is 0.784 bits per heavy atom. The number of benzene rings is 3. The van der Waals surface area contributed by atoms with Crippen molar-refractivity contribution in [2.24, 2.45) is 0 Å². The van der Waals surface area contributed by atoms with E-state index in [-0.39, 0.29) is 0 Å². The van der Waals surface area contributed by atoms with Crippen molar-refractivity contribution in [1.82, 2.24) is 0 Å². The van der Waals surface area contributed by atoms with Crippen LogP contribution < -0.4 is 0 Å². The first-order valence-electron chi connectivity index (χ1n) is 12.1. The van der Waals surface area contributed by atoms with E-state index >= 15 is 0 Å². The quantitative estimate of drug-likeness (QED) is 0.424. The molecule has 2 aliphatic rings. The zero-order chi connectivity index (χ0) is 25.8. The molecular weight excluding hydrogens is 476 g/mol. The molecule has 0 aliphatic carbocycles. The Morgan fingerprint density at radius 3 is 1.89 bits per heavy atom. The minimum Gasteiger partial charge on any atom is -0.467 e. The summed E-state index contributed by atoms with van der Waals surface area (Å²) in [6.07, 6.45) is -6.19. The fourth-order valence-corrected chi connectivity index (χ4v) is 4.67. The highest BCUT2D eigenvalue weighted by Gasteiger charge is 2.58. The molecule has 3 aromatic carbocycles. The van der Waals surface area contributed by atoms with Crippen molar-refractivity contribution < 1.29 is 38.0 Å². The second-order valence-corrected chi connectivity index (χ2v) is 8.80. The monoisotopic (exact) mass is 504 g/mol. The van der Waals surface area contributed by atoms with Gasteiger partial charge in [0.2, 0.25) is 0 Å². The average molecular weight is 505 g/mol. The van der Waals surface area contributed by atoms with Crippen molar-refractivity contribution in [3.8, 4) is 0 Å². The molecule has 2 unspecified atom stereocenters. The van der Waals surface area contributed by atoms with E-state index < -0.39 is 55.0 Å². The van der Waals surface area contributed by atoms with Crippen LogP contribution in [0.4, 0.5) is 0 Å². The first kappa shape index (κ1) is 25.1. The number of hydrogen-bond acceptors (Lipinski definition) is 8. The van der Waals surface area contributed by atoms with Crippen molar-refractivity contribution >= 4 is 11.9 Å². The van der Waals surface area contributed by atoms with Crippen molar-refractivity contribution in [1.29, 1.82) is 0 Å². The lowest BCUT2D eigenvalue weighted by Crippen LogP contribution is -2.47. The third kappa shape index (κ3) is 5.42. The van der Waals surface area contributed by atoms with Gasteiger partial charge in [0, 0.05) is 12.5 Å². The Balaban J connectivity index is 1.45. The molecule has 0 radical (unpaired) electrons. The fraction of sp³-hybridized carbons (Fsp3) is 0.310. The van der Waals surface area contributed by atoms with Crippen molar-refractivity contribution in [3.05, 3.63) is 108 Å². The SMILES string of the molecule is COC(=O)[C@@H](OC(c1ccccc1)c1ccccc1)[C@H]1OC2OC(c3ccccc3)O[C@@H]2[C@H]1OC(C)=O. The van der Waals surface area contributed by atoms with Gasteiger partial charge in [-0.3, -0.25) is 4.79 Å². The molecule has 0 amide bonds. The lowest BCUT2D eigenvalue weighted by Gasteiger charge is -2.31. The van der Waals surface area contributed by atoms with Crippen LogP contribution in [0.15, 0.2) is 91.0 Å². The number of carbonyl (C=O) groups is 2. The van der Waals surface area contributed by atoms with E-state index in [0.29, 0.717) is 0 Å². The summed E-state index contributed by atoms with van der Waals surface area (Å²) in [5.41, 5.74) is 2.47. The number of ether oxygens (including phenoxy) is 6. The zero-order valence-corrected chi connectivity index (χ0v) is 20.5. The third-order valence-corrected chi connectivity index (χ3v) is 6.34. The molecule has 0 N–H and O–H groups in total. The lowest BCUT2D eigenvalue weighted by atomic mass is 10.00. The lowest BCUT2D eigenvalue weighted by molar-refractivity contribution is -0.212. The molecule has 8 nitrogen and oxygen atoms in total. The van der Waals surface area contributed by atoms with E-state index in [2.05, 4.69) is 0 Å². The number of esters is 2. The number of hydrogen-bond donors (Lipinski definition) is 0. The molecular formula is C29H28O8. The van der Waals surface area contributed by atoms with Crippen LogP contribution in [0, 0.1) is 0 Å². The van der Waals surface area contributed by atoms with Crippen LogP contribution in [0.25, 0.3) is 0 Å². The maximum atomic E-state index is 13.1. The van der Waals surface area contributed by atoms with E-state index in [4.69, 9.17) is 28.4 Å². The van der Waals surface area contributed by atoms with Gasteiger partial charge in [0.05, 0.1) is 7.11 Å². The molecule has 6 atom stereocenters. The van der Waals surface area contributed by atoms with E-state index in [0.717, 1.165) is 16.7 Å². The molecule has 0 saturated carbocycles. The van der Waals surface area contributed by atoms with Gasteiger partial charge >= 0.3 is 11.9 Å². The summed E-state index contributed by atoms with van der Waals surface area (Å²) in [6.45, 7) is 1.29. The molecule has 3 aromatic rings. The van der Waals surface area contributed by atoms with Crippen LogP contribution >= 0.6 is 0 Å². The molecule has 192 valence electrons. The van der Waals surface area contributed by atoms with E-state index in [9.17, 15) is 9.59 Å². The van der Waals surface area contributed by atoms with Gasteiger partial charge in [-0.05, 0) is 11.1 Å². The summed E-state index contributed by atoms with van der Waals surface area (Å²) in [5.74, 6) is -1.21. The van der Waals surface area contributed by atoms with Crippen LogP contribution in [0.2, 0.25) is 0 Å². The maximum absolute atomic E-state index is 13.1. The van der Waals surface area contributed by atoms with Crippen LogP contribution in [0.5, 0.6) is 0 Å². The topological polar surface area (TPSA) is 89.5 Å². The normalized spacial score (nSPS) is 25.4. The number of carbonyl (C=O) groups excluding carboxylic acids is 2. The Kier molecular flexibility index (Phi) is 7.62. The predicted molar refractivity (Wildman–Crippen MR) is 131 cm³/mol. The first-order chi connectivity index (χ1) is 18.0. The molecule has 2 aliphatic heterocycles. The molecule has 0 spiro atoms. The molecule has 0 bridgehead atoms. The number of methoxy groups -OCH3 is 1. The van der Waals surface area contributed by atoms with Crippen LogP contribution in [-0.2, 0) is 38.0 Å². The Labute approximate surface area is 215 Å². The van der Waals surface area contributed by atoms with Crippen molar-refractivity contribution in [3.63, 3.8) is 0 Å².